The minimum atomic E-state index is -1.02. The number of nitrogens with zero attached hydrogens (tertiary/aromatic N) is 2. The molecule has 0 bridgehead atoms. The van der Waals surface area contributed by atoms with Gasteiger partial charge in [0.05, 0.1) is 12.1 Å². The number of aryl methyl sites for hydroxylation is 1. The van der Waals surface area contributed by atoms with Gasteiger partial charge in [0.1, 0.15) is 12.3 Å². The Bertz CT molecular complexity index is 647. The molecule has 0 aromatic carbocycles. The maximum atomic E-state index is 12.0. The fourth-order valence-electron chi connectivity index (χ4n) is 1.86. The Balaban J connectivity index is 2.05. The first-order chi connectivity index (χ1) is 9.99. The van der Waals surface area contributed by atoms with Gasteiger partial charge in [-0.3, -0.25) is 9.59 Å². The van der Waals surface area contributed by atoms with E-state index in [0.717, 1.165) is 5.76 Å². The molecule has 2 rings (SSSR count). The standard InChI is InChI=1S/C14H16N2O4S/c1-3-16(7-13(18)19)12(17)6-10-8-21-14(15-10)11-5-4-9(2)20-11/h4-5,8H,3,6-7H2,1-2H3,(H,18,19). The Kier molecular flexibility index (Phi) is 4.74. The molecule has 0 aliphatic carbocycles. The zero-order valence-corrected chi connectivity index (χ0v) is 12.6. The second-order valence-electron chi connectivity index (χ2n) is 4.53. The third-order valence-electron chi connectivity index (χ3n) is 2.90. The van der Waals surface area contributed by atoms with E-state index in [1.807, 2.05) is 19.1 Å². The smallest absolute Gasteiger partial charge is 0.323 e. The molecule has 0 fully saturated rings. The van der Waals surface area contributed by atoms with Crippen molar-refractivity contribution < 1.29 is 19.1 Å². The second kappa shape index (κ2) is 6.53. The zero-order chi connectivity index (χ0) is 15.4. The molecule has 112 valence electrons. The van der Waals surface area contributed by atoms with E-state index in [1.165, 1.54) is 16.2 Å². The van der Waals surface area contributed by atoms with Crippen molar-refractivity contribution >= 4 is 23.2 Å². The molecule has 2 aromatic heterocycles. The van der Waals surface area contributed by atoms with E-state index in [4.69, 9.17) is 9.52 Å². The fraction of sp³-hybridized carbons (Fsp3) is 0.357. The summed E-state index contributed by atoms with van der Waals surface area (Å²) in [6, 6.07) is 3.69. The number of furan rings is 1. The van der Waals surface area contributed by atoms with E-state index in [2.05, 4.69) is 4.98 Å². The molecule has 0 spiro atoms. The van der Waals surface area contributed by atoms with Crippen molar-refractivity contribution in [3.05, 3.63) is 29.0 Å². The average Bonchev–Trinajstić information content (AvgIpc) is 3.04. The quantitative estimate of drug-likeness (QED) is 0.884. The summed E-state index contributed by atoms with van der Waals surface area (Å²) in [5.41, 5.74) is 0.623. The van der Waals surface area contributed by atoms with E-state index >= 15 is 0 Å². The lowest BCUT2D eigenvalue weighted by Crippen LogP contribution is -2.36. The lowest BCUT2D eigenvalue weighted by molar-refractivity contribution is -0.144. The van der Waals surface area contributed by atoms with E-state index in [0.29, 0.717) is 23.0 Å². The van der Waals surface area contributed by atoms with Crippen LogP contribution >= 0.6 is 11.3 Å². The van der Waals surface area contributed by atoms with Crippen molar-refractivity contribution in [3.8, 4) is 10.8 Å². The molecule has 0 radical (unpaired) electrons. The first-order valence-corrected chi connectivity index (χ1v) is 7.38. The number of carbonyl (C=O) groups excluding carboxylic acids is 1. The molecule has 0 aliphatic heterocycles. The van der Waals surface area contributed by atoms with Gasteiger partial charge in [-0.1, -0.05) is 0 Å². The summed E-state index contributed by atoms with van der Waals surface area (Å²) in [4.78, 5) is 28.4. The summed E-state index contributed by atoms with van der Waals surface area (Å²) in [6.45, 7) is 3.68. The van der Waals surface area contributed by atoms with E-state index in [1.54, 1.807) is 12.3 Å². The van der Waals surface area contributed by atoms with Crippen LogP contribution < -0.4 is 0 Å². The SMILES string of the molecule is CCN(CC(=O)O)C(=O)Cc1csc(-c2ccc(C)o2)n1. The van der Waals surface area contributed by atoms with Gasteiger partial charge in [-0.05, 0) is 26.0 Å². The van der Waals surface area contributed by atoms with Crippen molar-refractivity contribution in [2.45, 2.75) is 20.3 Å². The number of hydrogen-bond donors (Lipinski definition) is 1. The summed E-state index contributed by atoms with van der Waals surface area (Å²) in [6.07, 6.45) is 0.0946. The molecule has 0 saturated heterocycles. The van der Waals surface area contributed by atoms with Crippen molar-refractivity contribution in [1.82, 2.24) is 9.88 Å². The summed E-state index contributed by atoms with van der Waals surface area (Å²) in [7, 11) is 0. The Morgan fingerprint density at radius 1 is 1.43 bits per heavy atom. The summed E-state index contributed by atoms with van der Waals surface area (Å²) < 4.78 is 5.48. The van der Waals surface area contributed by atoms with Crippen LogP contribution in [0.4, 0.5) is 0 Å². The van der Waals surface area contributed by atoms with Crippen LogP contribution in [0, 0.1) is 6.92 Å². The zero-order valence-electron chi connectivity index (χ0n) is 11.8. The van der Waals surface area contributed by atoms with E-state index in [-0.39, 0.29) is 18.9 Å². The van der Waals surface area contributed by atoms with E-state index in [9.17, 15) is 9.59 Å². The number of carboxylic acids is 1. The molecule has 1 amide bonds. The first kappa shape index (κ1) is 15.2. The van der Waals surface area contributed by atoms with Crippen LogP contribution in [-0.2, 0) is 16.0 Å². The van der Waals surface area contributed by atoms with Gasteiger partial charge in [-0.25, -0.2) is 4.98 Å². The van der Waals surface area contributed by atoms with Crippen molar-refractivity contribution in [2.24, 2.45) is 0 Å². The predicted octanol–water partition coefficient (Wildman–Crippen LogP) is 2.19. The highest BCUT2D eigenvalue weighted by Gasteiger charge is 2.17. The molecular weight excluding hydrogens is 292 g/mol. The van der Waals surface area contributed by atoms with Crippen LogP contribution in [-0.4, -0.2) is 40.0 Å². The minimum absolute atomic E-state index is 0.0946. The molecule has 0 unspecified atom stereocenters. The molecule has 7 heteroatoms. The van der Waals surface area contributed by atoms with Gasteiger partial charge in [0.15, 0.2) is 10.8 Å². The monoisotopic (exact) mass is 308 g/mol. The number of likely N-dealkylation sites (N-methyl/N-ethyl adjacent to an activating group) is 1. The Hall–Kier alpha value is -2.15. The van der Waals surface area contributed by atoms with Gasteiger partial charge in [0.2, 0.25) is 5.91 Å². The van der Waals surface area contributed by atoms with Gasteiger partial charge in [0.25, 0.3) is 0 Å². The topological polar surface area (TPSA) is 83.6 Å². The van der Waals surface area contributed by atoms with Crippen molar-refractivity contribution in [3.63, 3.8) is 0 Å². The number of thiazole rings is 1. The van der Waals surface area contributed by atoms with Gasteiger partial charge in [0, 0.05) is 11.9 Å². The van der Waals surface area contributed by atoms with Gasteiger partial charge < -0.3 is 14.4 Å². The number of rotatable bonds is 6. The lowest BCUT2D eigenvalue weighted by Gasteiger charge is -2.17. The van der Waals surface area contributed by atoms with Crippen molar-refractivity contribution in [1.29, 1.82) is 0 Å². The molecule has 0 saturated carbocycles. The van der Waals surface area contributed by atoms with Gasteiger partial charge >= 0.3 is 5.97 Å². The summed E-state index contributed by atoms with van der Waals surface area (Å²) in [5.74, 6) is 0.216. The Morgan fingerprint density at radius 2 is 2.19 bits per heavy atom. The number of carboxylic acid groups (broad SMARTS) is 1. The number of carbonyl (C=O) groups is 2. The first-order valence-electron chi connectivity index (χ1n) is 6.50. The highest BCUT2D eigenvalue weighted by molar-refractivity contribution is 7.13. The van der Waals surface area contributed by atoms with Crippen LogP contribution in [0.2, 0.25) is 0 Å². The molecule has 2 heterocycles. The molecule has 1 N–H and O–H groups in total. The predicted molar refractivity (Wildman–Crippen MR) is 78.1 cm³/mol. The largest absolute Gasteiger partial charge is 0.480 e. The average molecular weight is 308 g/mol. The lowest BCUT2D eigenvalue weighted by atomic mass is 10.3. The Morgan fingerprint density at radius 3 is 2.76 bits per heavy atom. The third kappa shape index (κ3) is 3.91. The number of hydrogen-bond acceptors (Lipinski definition) is 5. The van der Waals surface area contributed by atoms with Gasteiger partial charge in [-0.2, -0.15) is 0 Å². The van der Waals surface area contributed by atoms with Crippen LogP contribution in [0.25, 0.3) is 10.8 Å². The number of aliphatic carboxylic acids is 1. The minimum Gasteiger partial charge on any atom is -0.480 e. The highest BCUT2D eigenvalue weighted by Crippen LogP contribution is 2.25. The van der Waals surface area contributed by atoms with Crippen LogP contribution in [0.15, 0.2) is 21.9 Å². The van der Waals surface area contributed by atoms with Crippen LogP contribution in [0.3, 0.4) is 0 Å². The fourth-order valence-corrected chi connectivity index (χ4v) is 2.64. The molecule has 2 aromatic rings. The second-order valence-corrected chi connectivity index (χ2v) is 5.39. The summed E-state index contributed by atoms with van der Waals surface area (Å²) in [5, 5.41) is 11.3. The normalized spacial score (nSPS) is 10.6. The maximum Gasteiger partial charge on any atom is 0.323 e. The van der Waals surface area contributed by atoms with Crippen LogP contribution in [0.1, 0.15) is 18.4 Å². The molecule has 6 nitrogen and oxygen atoms in total. The third-order valence-corrected chi connectivity index (χ3v) is 3.80. The van der Waals surface area contributed by atoms with Crippen LogP contribution in [0.5, 0.6) is 0 Å². The van der Waals surface area contributed by atoms with Crippen molar-refractivity contribution in [2.75, 3.05) is 13.1 Å². The molecule has 0 atom stereocenters. The highest BCUT2D eigenvalue weighted by atomic mass is 32.1. The number of aromatic nitrogens is 1. The molecular formula is C14H16N2O4S. The maximum absolute atomic E-state index is 12.0. The van der Waals surface area contributed by atoms with E-state index < -0.39 is 5.97 Å². The Labute approximate surface area is 126 Å². The molecule has 0 aliphatic rings. The number of amides is 1. The molecule has 21 heavy (non-hydrogen) atoms. The van der Waals surface area contributed by atoms with Gasteiger partial charge in [-0.15, -0.1) is 11.3 Å². The summed E-state index contributed by atoms with van der Waals surface area (Å²) >= 11 is 1.40.